The Morgan fingerprint density at radius 3 is 2.60 bits per heavy atom. The predicted octanol–water partition coefficient (Wildman–Crippen LogP) is 1.76. The molecule has 1 aliphatic rings. The van der Waals surface area contributed by atoms with Crippen molar-refractivity contribution in [3.63, 3.8) is 0 Å². The van der Waals surface area contributed by atoms with Crippen LogP contribution in [0.15, 0.2) is 24.3 Å². The Hall–Kier alpha value is -0.610. The fourth-order valence-electron chi connectivity index (χ4n) is 1.61. The lowest BCUT2D eigenvalue weighted by Gasteiger charge is -2.28. The van der Waals surface area contributed by atoms with Crippen molar-refractivity contribution in [2.45, 2.75) is 12.1 Å². The van der Waals surface area contributed by atoms with E-state index in [4.69, 9.17) is 26.8 Å². The lowest BCUT2D eigenvalue weighted by Crippen LogP contribution is -2.37. The Balaban J connectivity index is 2.05. The van der Waals surface area contributed by atoms with E-state index in [0.29, 0.717) is 24.8 Å². The van der Waals surface area contributed by atoms with E-state index in [0.717, 1.165) is 5.56 Å². The van der Waals surface area contributed by atoms with Gasteiger partial charge in [-0.3, -0.25) is 0 Å². The van der Waals surface area contributed by atoms with Crippen molar-refractivity contribution in [1.82, 2.24) is 0 Å². The van der Waals surface area contributed by atoms with E-state index in [2.05, 4.69) is 0 Å². The summed E-state index contributed by atoms with van der Waals surface area (Å²) >= 11 is 5.81. The number of hydrogen-bond donors (Lipinski definition) is 1. The summed E-state index contributed by atoms with van der Waals surface area (Å²) in [7, 11) is 0. The van der Waals surface area contributed by atoms with Gasteiger partial charge in [-0.05, 0) is 17.7 Å². The molecule has 2 atom stereocenters. The maximum Gasteiger partial charge on any atom is 0.100 e. The highest BCUT2D eigenvalue weighted by Crippen LogP contribution is 2.20. The average molecular weight is 228 g/mol. The molecule has 1 fully saturated rings. The van der Waals surface area contributed by atoms with Gasteiger partial charge in [0, 0.05) is 5.02 Å². The molecule has 0 saturated carbocycles. The molecule has 0 bridgehead atoms. The number of halogens is 1. The third-order valence-corrected chi connectivity index (χ3v) is 2.75. The Kier molecular flexibility index (Phi) is 3.59. The molecule has 3 nitrogen and oxygen atoms in total. The highest BCUT2D eigenvalue weighted by Gasteiger charge is 2.23. The molecule has 1 aromatic carbocycles. The van der Waals surface area contributed by atoms with Gasteiger partial charge in [-0.25, -0.2) is 0 Å². The minimum absolute atomic E-state index is 0.0556. The second-order valence-electron chi connectivity index (χ2n) is 3.56. The van der Waals surface area contributed by atoms with Crippen LogP contribution in [0.2, 0.25) is 5.02 Å². The average Bonchev–Trinajstić information content (AvgIpc) is 2.30. The molecule has 1 saturated heterocycles. The molecule has 15 heavy (non-hydrogen) atoms. The zero-order chi connectivity index (χ0) is 10.7. The van der Waals surface area contributed by atoms with Crippen LogP contribution >= 0.6 is 11.6 Å². The summed E-state index contributed by atoms with van der Waals surface area (Å²) in [5.74, 6) is 0. The fraction of sp³-hybridized carbons (Fsp3) is 0.455. The Labute approximate surface area is 94.1 Å². The van der Waals surface area contributed by atoms with Gasteiger partial charge in [-0.1, -0.05) is 23.7 Å². The number of benzene rings is 1. The van der Waals surface area contributed by atoms with Crippen LogP contribution in [0.1, 0.15) is 11.6 Å². The molecule has 2 unspecified atom stereocenters. The molecule has 0 radical (unpaired) electrons. The van der Waals surface area contributed by atoms with Crippen LogP contribution in [0.4, 0.5) is 0 Å². The second-order valence-corrected chi connectivity index (χ2v) is 4.00. The van der Waals surface area contributed by atoms with Crippen LogP contribution in [-0.2, 0) is 9.47 Å². The number of rotatable bonds is 2. The van der Waals surface area contributed by atoms with Gasteiger partial charge in [0.2, 0.25) is 0 Å². The quantitative estimate of drug-likeness (QED) is 0.838. The van der Waals surface area contributed by atoms with Crippen molar-refractivity contribution >= 4 is 11.6 Å². The van der Waals surface area contributed by atoms with E-state index >= 15 is 0 Å². The minimum atomic E-state index is -0.150. The standard InChI is InChI=1S/C11H14ClNO2/c12-9-3-1-8(2-4-9)11(13)10-7-14-5-6-15-10/h1-4,10-11H,5-7,13H2. The van der Waals surface area contributed by atoms with Gasteiger partial charge in [-0.15, -0.1) is 0 Å². The summed E-state index contributed by atoms with van der Waals surface area (Å²) in [4.78, 5) is 0. The van der Waals surface area contributed by atoms with Gasteiger partial charge in [-0.2, -0.15) is 0 Å². The third kappa shape index (κ3) is 2.69. The number of ether oxygens (including phenoxy) is 2. The monoisotopic (exact) mass is 227 g/mol. The molecule has 1 aliphatic heterocycles. The van der Waals surface area contributed by atoms with Crippen molar-refractivity contribution in [3.8, 4) is 0 Å². The third-order valence-electron chi connectivity index (χ3n) is 2.50. The van der Waals surface area contributed by atoms with Crippen LogP contribution in [-0.4, -0.2) is 25.9 Å². The zero-order valence-electron chi connectivity index (χ0n) is 8.36. The summed E-state index contributed by atoms with van der Waals surface area (Å²) in [5.41, 5.74) is 7.09. The van der Waals surface area contributed by atoms with Crippen LogP contribution in [0.25, 0.3) is 0 Å². The van der Waals surface area contributed by atoms with E-state index in [-0.39, 0.29) is 12.1 Å². The lowest BCUT2D eigenvalue weighted by atomic mass is 10.0. The van der Waals surface area contributed by atoms with Crippen LogP contribution in [0, 0.1) is 0 Å². The molecule has 0 spiro atoms. The van der Waals surface area contributed by atoms with Crippen molar-refractivity contribution in [1.29, 1.82) is 0 Å². The molecule has 82 valence electrons. The maximum atomic E-state index is 6.07. The smallest absolute Gasteiger partial charge is 0.100 e. The summed E-state index contributed by atoms with van der Waals surface area (Å²) in [6, 6.07) is 7.36. The largest absolute Gasteiger partial charge is 0.376 e. The van der Waals surface area contributed by atoms with E-state index in [1.54, 1.807) is 0 Å². The van der Waals surface area contributed by atoms with Gasteiger partial charge in [0.1, 0.15) is 6.10 Å². The van der Waals surface area contributed by atoms with Gasteiger partial charge >= 0.3 is 0 Å². The molecule has 2 rings (SSSR count). The summed E-state index contributed by atoms with van der Waals surface area (Å²) in [6.07, 6.45) is -0.0556. The van der Waals surface area contributed by atoms with Crippen LogP contribution in [0.5, 0.6) is 0 Å². The normalized spacial score (nSPS) is 23.7. The summed E-state index contributed by atoms with van der Waals surface area (Å²) < 4.78 is 10.9. The van der Waals surface area contributed by atoms with Gasteiger partial charge in [0.25, 0.3) is 0 Å². The Morgan fingerprint density at radius 1 is 1.27 bits per heavy atom. The minimum Gasteiger partial charge on any atom is -0.376 e. The van der Waals surface area contributed by atoms with Gasteiger partial charge < -0.3 is 15.2 Å². The molecule has 1 aromatic rings. The van der Waals surface area contributed by atoms with Crippen LogP contribution in [0.3, 0.4) is 0 Å². The fourth-order valence-corrected chi connectivity index (χ4v) is 1.74. The van der Waals surface area contributed by atoms with Gasteiger partial charge in [0.05, 0.1) is 25.9 Å². The second kappa shape index (κ2) is 4.94. The highest BCUT2D eigenvalue weighted by molar-refractivity contribution is 6.30. The predicted molar refractivity (Wildman–Crippen MR) is 58.9 cm³/mol. The molecule has 0 aliphatic carbocycles. The van der Waals surface area contributed by atoms with Gasteiger partial charge in [0.15, 0.2) is 0 Å². The van der Waals surface area contributed by atoms with Crippen molar-refractivity contribution < 1.29 is 9.47 Å². The Morgan fingerprint density at radius 2 is 2.00 bits per heavy atom. The van der Waals surface area contributed by atoms with E-state index in [1.807, 2.05) is 24.3 Å². The summed E-state index contributed by atoms with van der Waals surface area (Å²) in [5, 5.41) is 0.715. The molecule has 2 N–H and O–H groups in total. The van der Waals surface area contributed by atoms with E-state index in [9.17, 15) is 0 Å². The maximum absolute atomic E-state index is 6.07. The molecule has 1 heterocycles. The molecule has 0 aromatic heterocycles. The number of hydrogen-bond acceptors (Lipinski definition) is 3. The van der Waals surface area contributed by atoms with Crippen molar-refractivity contribution in [2.24, 2.45) is 5.73 Å². The first-order valence-electron chi connectivity index (χ1n) is 4.98. The van der Waals surface area contributed by atoms with E-state index in [1.165, 1.54) is 0 Å². The van der Waals surface area contributed by atoms with Crippen molar-refractivity contribution in [3.05, 3.63) is 34.9 Å². The molecule has 4 heteroatoms. The molecular formula is C11H14ClNO2. The zero-order valence-corrected chi connectivity index (χ0v) is 9.11. The van der Waals surface area contributed by atoms with Crippen molar-refractivity contribution in [2.75, 3.05) is 19.8 Å². The lowest BCUT2D eigenvalue weighted by molar-refractivity contribution is -0.0975. The molecular weight excluding hydrogens is 214 g/mol. The first-order chi connectivity index (χ1) is 7.27. The molecule has 0 amide bonds. The van der Waals surface area contributed by atoms with E-state index < -0.39 is 0 Å². The highest BCUT2D eigenvalue weighted by atomic mass is 35.5. The SMILES string of the molecule is NC(c1ccc(Cl)cc1)C1COCCO1. The number of nitrogens with two attached hydrogens (primary N) is 1. The first-order valence-corrected chi connectivity index (χ1v) is 5.35. The van der Waals surface area contributed by atoms with Crippen LogP contribution < -0.4 is 5.73 Å². The Bertz CT molecular complexity index is 309. The summed E-state index contributed by atoms with van der Waals surface area (Å²) in [6.45, 7) is 1.83. The topological polar surface area (TPSA) is 44.5 Å². The first kappa shape index (κ1) is 10.9.